The third kappa shape index (κ3) is 5.32. The number of esters is 1. The fourth-order valence-electron chi connectivity index (χ4n) is 3.43. The van der Waals surface area contributed by atoms with E-state index >= 15 is 0 Å². The minimum Gasteiger partial charge on any atom is -0.478 e. The van der Waals surface area contributed by atoms with Gasteiger partial charge in [0.2, 0.25) is 0 Å². The molecule has 0 aliphatic heterocycles. The largest absolute Gasteiger partial charge is 0.478 e. The van der Waals surface area contributed by atoms with Crippen LogP contribution in [-0.2, 0) is 4.74 Å². The first-order chi connectivity index (χ1) is 11.8. The number of benzene rings is 1. The zero-order valence-corrected chi connectivity index (χ0v) is 16.2. The summed E-state index contributed by atoms with van der Waals surface area (Å²) >= 11 is 0. The van der Waals surface area contributed by atoms with Crippen molar-refractivity contribution in [3.05, 3.63) is 35.4 Å². The number of carboxylic acid groups (broad SMARTS) is 1. The summed E-state index contributed by atoms with van der Waals surface area (Å²) < 4.78 is 6.02. The van der Waals surface area contributed by atoms with Crippen molar-refractivity contribution in [2.24, 2.45) is 11.8 Å². The third-order valence-corrected chi connectivity index (χ3v) is 5.04. The summed E-state index contributed by atoms with van der Waals surface area (Å²) in [4.78, 5) is 24.2. The second-order valence-corrected chi connectivity index (χ2v) is 7.32. The van der Waals surface area contributed by atoms with Crippen molar-refractivity contribution in [2.45, 2.75) is 72.3 Å². The molecule has 0 bridgehead atoms. The SMILES string of the molecule is CCCCCCC(OC(=O)c1ccccc1C(=O)O)(C(C)C)C(C)C. The van der Waals surface area contributed by atoms with Gasteiger partial charge in [0, 0.05) is 0 Å². The molecule has 4 nitrogen and oxygen atoms in total. The van der Waals surface area contributed by atoms with Crippen LogP contribution in [0.25, 0.3) is 0 Å². The monoisotopic (exact) mass is 348 g/mol. The topological polar surface area (TPSA) is 63.6 Å². The summed E-state index contributed by atoms with van der Waals surface area (Å²) in [7, 11) is 0. The second kappa shape index (κ2) is 9.59. The maximum Gasteiger partial charge on any atom is 0.339 e. The smallest absolute Gasteiger partial charge is 0.339 e. The molecule has 0 heterocycles. The number of carbonyl (C=O) groups is 2. The third-order valence-electron chi connectivity index (χ3n) is 5.04. The molecule has 1 aromatic carbocycles. The van der Waals surface area contributed by atoms with Gasteiger partial charge in [-0.2, -0.15) is 0 Å². The van der Waals surface area contributed by atoms with Crippen molar-refractivity contribution in [3.8, 4) is 0 Å². The van der Waals surface area contributed by atoms with E-state index in [1.54, 1.807) is 12.1 Å². The average molecular weight is 348 g/mol. The molecule has 25 heavy (non-hydrogen) atoms. The minimum absolute atomic E-state index is 0.0140. The molecule has 0 fully saturated rings. The van der Waals surface area contributed by atoms with Crippen molar-refractivity contribution in [3.63, 3.8) is 0 Å². The summed E-state index contributed by atoms with van der Waals surface area (Å²) in [6.07, 6.45) is 5.23. The summed E-state index contributed by atoms with van der Waals surface area (Å²) in [6, 6.07) is 6.24. The molecule has 140 valence electrons. The van der Waals surface area contributed by atoms with Gasteiger partial charge in [-0.05, 0) is 36.8 Å². The Hall–Kier alpha value is -1.84. The van der Waals surface area contributed by atoms with Gasteiger partial charge in [-0.3, -0.25) is 0 Å². The predicted molar refractivity (Wildman–Crippen MR) is 100.0 cm³/mol. The van der Waals surface area contributed by atoms with Gasteiger partial charge in [0.05, 0.1) is 11.1 Å². The van der Waals surface area contributed by atoms with Gasteiger partial charge in [0.1, 0.15) is 5.60 Å². The standard InChI is InChI=1S/C21H32O4/c1-6-7-8-11-14-21(15(2)3,16(4)5)25-20(24)18-13-10-9-12-17(18)19(22)23/h9-10,12-13,15-16H,6-8,11,14H2,1-5H3,(H,22,23). The van der Waals surface area contributed by atoms with Gasteiger partial charge in [0.15, 0.2) is 0 Å². The Balaban J connectivity index is 3.08. The quantitative estimate of drug-likeness (QED) is 0.444. The molecule has 0 aliphatic rings. The van der Waals surface area contributed by atoms with Crippen LogP contribution in [-0.4, -0.2) is 22.6 Å². The van der Waals surface area contributed by atoms with E-state index in [1.165, 1.54) is 18.6 Å². The Morgan fingerprint density at radius 2 is 1.56 bits per heavy atom. The van der Waals surface area contributed by atoms with E-state index in [-0.39, 0.29) is 23.0 Å². The van der Waals surface area contributed by atoms with Crippen LogP contribution in [0.3, 0.4) is 0 Å². The van der Waals surface area contributed by atoms with Gasteiger partial charge in [-0.15, -0.1) is 0 Å². The zero-order chi connectivity index (χ0) is 19.0. The predicted octanol–water partition coefficient (Wildman–Crippen LogP) is 5.56. The van der Waals surface area contributed by atoms with Gasteiger partial charge in [-0.25, -0.2) is 9.59 Å². The van der Waals surface area contributed by atoms with Crippen LogP contribution in [0, 0.1) is 11.8 Å². The molecule has 1 aromatic rings. The maximum atomic E-state index is 12.8. The van der Waals surface area contributed by atoms with Crippen molar-refractivity contribution in [1.82, 2.24) is 0 Å². The number of rotatable bonds is 10. The summed E-state index contributed by atoms with van der Waals surface area (Å²) in [5.41, 5.74) is -0.481. The highest BCUT2D eigenvalue weighted by Gasteiger charge is 2.41. The molecule has 0 spiro atoms. The van der Waals surface area contributed by atoms with Crippen molar-refractivity contribution in [2.75, 3.05) is 0 Å². The fourth-order valence-corrected chi connectivity index (χ4v) is 3.43. The lowest BCUT2D eigenvalue weighted by Crippen LogP contribution is -2.45. The summed E-state index contributed by atoms with van der Waals surface area (Å²) in [5.74, 6) is -1.36. The molecule has 1 N–H and O–H groups in total. The Kier molecular flexibility index (Phi) is 8.14. The molecule has 0 radical (unpaired) electrons. The van der Waals surface area contributed by atoms with Crippen LogP contribution >= 0.6 is 0 Å². The van der Waals surface area contributed by atoms with Gasteiger partial charge >= 0.3 is 11.9 Å². The van der Waals surface area contributed by atoms with Gasteiger partial charge in [-0.1, -0.05) is 66.0 Å². The minimum atomic E-state index is -1.12. The molecule has 0 amide bonds. The van der Waals surface area contributed by atoms with E-state index in [1.807, 2.05) is 0 Å². The van der Waals surface area contributed by atoms with E-state index in [2.05, 4.69) is 34.6 Å². The Bertz CT molecular complexity index is 567. The van der Waals surface area contributed by atoms with E-state index in [4.69, 9.17) is 4.74 Å². The first kappa shape index (κ1) is 21.2. The summed E-state index contributed by atoms with van der Waals surface area (Å²) in [5, 5.41) is 9.32. The summed E-state index contributed by atoms with van der Waals surface area (Å²) in [6.45, 7) is 10.4. The second-order valence-electron chi connectivity index (χ2n) is 7.32. The van der Waals surface area contributed by atoms with Crippen molar-refractivity contribution in [1.29, 1.82) is 0 Å². The van der Waals surface area contributed by atoms with Crippen LogP contribution in [0.4, 0.5) is 0 Å². The van der Waals surface area contributed by atoms with Crippen molar-refractivity contribution >= 4 is 11.9 Å². The van der Waals surface area contributed by atoms with Gasteiger partial charge < -0.3 is 9.84 Å². The molecular formula is C21H32O4. The molecule has 4 heteroatoms. The van der Waals surface area contributed by atoms with Crippen LogP contribution < -0.4 is 0 Å². The first-order valence-electron chi connectivity index (χ1n) is 9.31. The van der Waals surface area contributed by atoms with Crippen LogP contribution in [0.1, 0.15) is 87.4 Å². The van der Waals surface area contributed by atoms with Crippen LogP contribution in [0.5, 0.6) is 0 Å². The van der Waals surface area contributed by atoms with Crippen molar-refractivity contribution < 1.29 is 19.4 Å². The number of carboxylic acids is 1. The van der Waals surface area contributed by atoms with E-state index in [9.17, 15) is 14.7 Å². The zero-order valence-electron chi connectivity index (χ0n) is 16.2. The number of unbranched alkanes of at least 4 members (excludes halogenated alkanes) is 3. The molecule has 1 rings (SSSR count). The Labute approximate surface area is 151 Å². The molecule has 0 aliphatic carbocycles. The first-order valence-corrected chi connectivity index (χ1v) is 9.31. The molecule has 0 atom stereocenters. The fraction of sp³-hybridized carbons (Fsp3) is 0.619. The average Bonchev–Trinajstić information content (AvgIpc) is 2.56. The van der Waals surface area contributed by atoms with E-state index in [0.717, 1.165) is 25.7 Å². The molecule has 0 unspecified atom stereocenters. The van der Waals surface area contributed by atoms with Gasteiger partial charge in [0.25, 0.3) is 0 Å². The normalized spacial score (nSPS) is 11.8. The highest BCUT2D eigenvalue weighted by atomic mass is 16.6. The number of carbonyl (C=O) groups excluding carboxylic acids is 1. The molecule has 0 saturated heterocycles. The number of ether oxygens (including phenoxy) is 1. The highest BCUT2D eigenvalue weighted by molar-refractivity contribution is 6.02. The van der Waals surface area contributed by atoms with Crippen LogP contribution in [0.15, 0.2) is 24.3 Å². The maximum absolute atomic E-state index is 12.8. The van der Waals surface area contributed by atoms with E-state index < -0.39 is 17.5 Å². The van der Waals surface area contributed by atoms with Crippen LogP contribution in [0.2, 0.25) is 0 Å². The lowest BCUT2D eigenvalue weighted by atomic mass is 9.76. The highest BCUT2D eigenvalue weighted by Crippen LogP contribution is 2.37. The number of aromatic carboxylic acids is 1. The Morgan fingerprint density at radius 1 is 1.00 bits per heavy atom. The number of hydrogen-bond acceptors (Lipinski definition) is 3. The lowest BCUT2D eigenvalue weighted by Gasteiger charge is -2.41. The molecular weight excluding hydrogens is 316 g/mol. The molecule has 0 aromatic heterocycles. The number of hydrogen-bond donors (Lipinski definition) is 1. The van der Waals surface area contributed by atoms with E-state index in [0.29, 0.717) is 0 Å². The molecule has 0 saturated carbocycles. The lowest BCUT2D eigenvalue weighted by molar-refractivity contribution is -0.0785. The Morgan fingerprint density at radius 3 is 2.04 bits per heavy atom.